The third kappa shape index (κ3) is 4.58. The van der Waals surface area contributed by atoms with Crippen molar-refractivity contribution < 1.29 is 9.59 Å². The van der Waals surface area contributed by atoms with Gasteiger partial charge in [0.2, 0.25) is 11.8 Å². The van der Waals surface area contributed by atoms with E-state index in [0.717, 1.165) is 83.3 Å². The van der Waals surface area contributed by atoms with Gasteiger partial charge in [0.05, 0.1) is 5.69 Å². The maximum Gasteiger partial charge on any atom is 0.226 e. The van der Waals surface area contributed by atoms with Crippen LogP contribution >= 0.6 is 11.3 Å². The molecule has 2 saturated heterocycles. The van der Waals surface area contributed by atoms with Crippen LogP contribution in [-0.2, 0) is 22.4 Å². The third-order valence-corrected chi connectivity index (χ3v) is 7.68. The van der Waals surface area contributed by atoms with Gasteiger partial charge < -0.3 is 14.7 Å². The molecule has 1 atom stereocenters. The molecular formula is C21H33N5O2S. The Bertz CT molecular complexity index is 735. The van der Waals surface area contributed by atoms with Gasteiger partial charge in [-0.1, -0.05) is 6.92 Å². The predicted octanol–water partition coefficient (Wildman–Crippen LogP) is 1.47. The number of fused-ring (bicyclic) bond motifs is 1. The first-order chi connectivity index (χ1) is 14.0. The quantitative estimate of drug-likeness (QED) is 0.740. The zero-order chi connectivity index (χ0) is 20.4. The Hall–Kier alpha value is -1.67. The van der Waals surface area contributed by atoms with Gasteiger partial charge in [-0.3, -0.25) is 14.5 Å². The molecule has 160 valence electrons. The van der Waals surface area contributed by atoms with Gasteiger partial charge in [-0.25, -0.2) is 4.98 Å². The van der Waals surface area contributed by atoms with Crippen molar-refractivity contribution in [2.75, 3.05) is 63.8 Å². The molecule has 1 unspecified atom stereocenters. The molecule has 0 spiro atoms. The minimum atomic E-state index is 0.114. The van der Waals surface area contributed by atoms with Crippen LogP contribution in [0.5, 0.6) is 0 Å². The Balaban J connectivity index is 1.33. The molecule has 3 aliphatic rings. The van der Waals surface area contributed by atoms with E-state index in [1.165, 1.54) is 17.0 Å². The molecule has 0 saturated carbocycles. The van der Waals surface area contributed by atoms with Gasteiger partial charge in [-0.05, 0) is 32.2 Å². The normalized spacial score (nSPS) is 23.2. The van der Waals surface area contributed by atoms with Crippen LogP contribution in [0.25, 0.3) is 0 Å². The summed E-state index contributed by atoms with van der Waals surface area (Å²) in [5.74, 6) is 0.611. The molecule has 0 bridgehead atoms. The largest absolute Gasteiger partial charge is 0.345 e. The lowest BCUT2D eigenvalue weighted by atomic mass is 9.90. The zero-order valence-corrected chi connectivity index (χ0v) is 18.5. The second-order valence-corrected chi connectivity index (χ2v) is 9.53. The Morgan fingerprint density at radius 2 is 1.72 bits per heavy atom. The fourth-order valence-electron chi connectivity index (χ4n) is 4.69. The minimum Gasteiger partial charge on any atom is -0.345 e. The van der Waals surface area contributed by atoms with E-state index in [1.54, 1.807) is 18.3 Å². The summed E-state index contributed by atoms with van der Waals surface area (Å²) in [6.07, 6.45) is 3.85. The summed E-state index contributed by atoms with van der Waals surface area (Å²) < 4.78 is 0. The predicted molar refractivity (Wildman–Crippen MR) is 115 cm³/mol. The number of nitrogens with zero attached hydrogens (tertiary/aromatic N) is 5. The molecule has 7 nitrogen and oxygen atoms in total. The summed E-state index contributed by atoms with van der Waals surface area (Å²) in [5, 5.41) is 1.07. The van der Waals surface area contributed by atoms with Crippen LogP contribution in [0.3, 0.4) is 0 Å². The maximum atomic E-state index is 13.1. The molecule has 1 aromatic heterocycles. The lowest BCUT2D eigenvalue weighted by molar-refractivity contribution is -0.137. The molecule has 1 aliphatic carbocycles. The summed E-state index contributed by atoms with van der Waals surface area (Å²) in [6, 6.07) is 0. The van der Waals surface area contributed by atoms with E-state index in [0.29, 0.717) is 5.91 Å². The van der Waals surface area contributed by atoms with Gasteiger partial charge in [-0.2, -0.15) is 0 Å². The second-order valence-electron chi connectivity index (χ2n) is 8.47. The Kier molecular flexibility index (Phi) is 6.39. The average Bonchev–Trinajstić information content (AvgIpc) is 3.17. The summed E-state index contributed by atoms with van der Waals surface area (Å²) in [4.78, 5) is 39.6. The number of hydrogen-bond donors (Lipinski definition) is 0. The van der Waals surface area contributed by atoms with Gasteiger partial charge in [0.25, 0.3) is 0 Å². The molecular weight excluding hydrogens is 386 g/mol. The van der Waals surface area contributed by atoms with Gasteiger partial charge in [0.1, 0.15) is 0 Å². The van der Waals surface area contributed by atoms with Crippen LogP contribution in [0.2, 0.25) is 0 Å². The molecule has 29 heavy (non-hydrogen) atoms. The first-order valence-electron chi connectivity index (χ1n) is 11.0. The monoisotopic (exact) mass is 419 g/mol. The van der Waals surface area contributed by atoms with Gasteiger partial charge in [-0.15, -0.1) is 11.3 Å². The van der Waals surface area contributed by atoms with Crippen LogP contribution in [0, 0.1) is 5.92 Å². The number of piperazine rings is 2. The fraction of sp³-hybridized carbons (Fsp3) is 0.762. The number of aromatic nitrogens is 1. The summed E-state index contributed by atoms with van der Waals surface area (Å²) in [6.45, 7) is 12.0. The zero-order valence-electron chi connectivity index (χ0n) is 17.7. The lowest BCUT2D eigenvalue weighted by Crippen LogP contribution is -2.50. The second kappa shape index (κ2) is 9.00. The molecule has 2 fully saturated rings. The van der Waals surface area contributed by atoms with E-state index < -0.39 is 0 Å². The summed E-state index contributed by atoms with van der Waals surface area (Å²) in [7, 11) is 0. The smallest absolute Gasteiger partial charge is 0.226 e. The van der Waals surface area contributed by atoms with Crippen molar-refractivity contribution in [3.05, 3.63) is 10.6 Å². The van der Waals surface area contributed by atoms with E-state index in [-0.39, 0.29) is 11.8 Å². The van der Waals surface area contributed by atoms with Crippen LogP contribution in [0.4, 0.5) is 5.13 Å². The average molecular weight is 420 g/mol. The Morgan fingerprint density at radius 1 is 1.03 bits per heavy atom. The Labute approximate surface area is 177 Å². The number of aryl methyl sites for hydroxylation is 1. The number of hydrogen-bond acceptors (Lipinski definition) is 6. The van der Waals surface area contributed by atoms with E-state index in [9.17, 15) is 9.59 Å². The highest BCUT2D eigenvalue weighted by atomic mass is 32.1. The van der Waals surface area contributed by atoms with Gasteiger partial charge in [0, 0.05) is 70.1 Å². The van der Waals surface area contributed by atoms with Crippen molar-refractivity contribution in [1.29, 1.82) is 0 Å². The van der Waals surface area contributed by atoms with Crippen molar-refractivity contribution in [2.24, 2.45) is 5.92 Å². The topological polar surface area (TPSA) is 60.0 Å². The minimum absolute atomic E-state index is 0.114. The first-order valence-corrected chi connectivity index (χ1v) is 11.9. The van der Waals surface area contributed by atoms with Gasteiger partial charge in [0.15, 0.2) is 5.13 Å². The molecule has 1 aromatic rings. The molecule has 4 rings (SSSR count). The lowest BCUT2D eigenvalue weighted by Gasteiger charge is -2.36. The van der Waals surface area contributed by atoms with Crippen LogP contribution in [-0.4, -0.2) is 90.4 Å². The van der Waals surface area contributed by atoms with E-state index in [4.69, 9.17) is 4.98 Å². The van der Waals surface area contributed by atoms with Crippen LogP contribution < -0.4 is 4.90 Å². The number of anilines is 1. The van der Waals surface area contributed by atoms with Crippen molar-refractivity contribution in [1.82, 2.24) is 19.7 Å². The number of rotatable bonds is 4. The highest BCUT2D eigenvalue weighted by Gasteiger charge is 2.32. The molecule has 0 N–H and O–H groups in total. The third-order valence-electron chi connectivity index (χ3n) is 6.50. The molecule has 0 aromatic carbocycles. The number of carbonyl (C=O) groups excluding carboxylic acids is 2. The van der Waals surface area contributed by atoms with E-state index in [1.807, 2.05) is 4.90 Å². The van der Waals surface area contributed by atoms with Crippen molar-refractivity contribution >= 4 is 28.3 Å². The van der Waals surface area contributed by atoms with Crippen molar-refractivity contribution in [2.45, 2.75) is 39.5 Å². The van der Waals surface area contributed by atoms with E-state index in [2.05, 4.69) is 21.6 Å². The fourth-order valence-corrected chi connectivity index (χ4v) is 5.92. The van der Waals surface area contributed by atoms with E-state index >= 15 is 0 Å². The molecule has 2 aliphatic heterocycles. The number of thiazole rings is 1. The summed E-state index contributed by atoms with van der Waals surface area (Å²) in [5.41, 5.74) is 1.19. The maximum absolute atomic E-state index is 13.1. The SMILES string of the molecule is CCCN1CCN(C(=O)C2CCc3nc(N4CCN(C(C)=O)CC4)sc3C2)CC1. The van der Waals surface area contributed by atoms with Crippen molar-refractivity contribution in [3.8, 4) is 0 Å². The first kappa shape index (κ1) is 20.6. The van der Waals surface area contributed by atoms with Crippen LogP contribution in [0.15, 0.2) is 0 Å². The molecule has 2 amide bonds. The standard InChI is InChI=1S/C21H33N5O2S/c1-3-6-23-7-9-25(10-8-23)20(28)17-4-5-18-19(15-17)29-21(22-18)26-13-11-24(12-14-26)16(2)27/h17H,3-15H2,1-2H3. The Morgan fingerprint density at radius 3 is 2.38 bits per heavy atom. The summed E-state index contributed by atoms with van der Waals surface area (Å²) >= 11 is 1.76. The van der Waals surface area contributed by atoms with Gasteiger partial charge >= 0.3 is 0 Å². The van der Waals surface area contributed by atoms with Crippen molar-refractivity contribution in [3.63, 3.8) is 0 Å². The highest BCUT2D eigenvalue weighted by Crippen LogP contribution is 2.35. The molecule has 3 heterocycles. The highest BCUT2D eigenvalue weighted by molar-refractivity contribution is 7.15. The molecule has 8 heteroatoms. The number of amides is 2. The van der Waals surface area contributed by atoms with Crippen LogP contribution in [0.1, 0.15) is 37.3 Å². The number of carbonyl (C=O) groups is 2. The molecule has 0 radical (unpaired) electrons.